The minimum atomic E-state index is -0.597. The van der Waals surface area contributed by atoms with Crippen LogP contribution in [0.4, 0.5) is 5.69 Å². The summed E-state index contributed by atoms with van der Waals surface area (Å²) in [5.74, 6) is -0.105. The average molecular weight is 633 g/mol. The Morgan fingerprint density at radius 2 is 1.55 bits per heavy atom. The summed E-state index contributed by atoms with van der Waals surface area (Å²) in [5, 5.41) is 12.6. The van der Waals surface area contributed by atoms with E-state index in [-0.39, 0.29) is 42.4 Å². The number of likely N-dealkylation sites (tertiary alicyclic amines) is 1. The molecule has 242 valence electrons. The minimum absolute atomic E-state index is 0.0104. The highest BCUT2D eigenvalue weighted by Gasteiger charge is 2.39. The van der Waals surface area contributed by atoms with Gasteiger partial charge in [0.15, 0.2) is 6.29 Å². The average Bonchev–Trinajstić information content (AvgIpc) is 3.46. The molecular weight excluding hydrogens is 592 g/mol. The van der Waals surface area contributed by atoms with Crippen LogP contribution in [0.1, 0.15) is 65.2 Å². The third-order valence-corrected chi connectivity index (χ3v) is 9.58. The highest BCUT2D eigenvalue weighted by Crippen LogP contribution is 2.42. The zero-order valence-corrected chi connectivity index (χ0v) is 26.4. The van der Waals surface area contributed by atoms with E-state index in [9.17, 15) is 14.7 Å². The molecule has 7 rings (SSSR count). The number of hydrogen-bond donors (Lipinski definition) is 3. The number of amides is 1. The Hall–Kier alpha value is -4.54. The van der Waals surface area contributed by atoms with Crippen LogP contribution < -0.4 is 11.0 Å². The molecule has 1 aromatic heterocycles. The fourth-order valence-corrected chi connectivity index (χ4v) is 6.90. The summed E-state index contributed by atoms with van der Waals surface area (Å²) in [5.41, 5.74) is 5.84. The second kappa shape index (κ2) is 13.7. The van der Waals surface area contributed by atoms with Crippen molar-refractivity contribution in [2.24, 2.45) is 5.92 Å². The van der Waals surface area contributed by atoms with Gasteiger partial charge in [-0.3, -0.25) is 9.36 Å². The number of carbonyl (C=O) groups excluding carboxylic acids is 1. The number of piperidine rings is 1. The molecule has 0 bridgehead atoms. The molecule has 9 nitrogen and oxygen atoms in total. The lowest BCUT2D eigenvalue weighted by atomic mass is 9.89. The fraction of sp³-hybridized carbons (Fsp3) is 0.316. The lowest BCUT2D eigenvalue weighted by Gasteiger charge is -2.44. The number of rotatable bonds is 8. The third-order valence-electron chi connectivity index (χ3n) is 9.58. The summed E-state index contributed by atoms with van der Waals surface area (Å²) in [4.78, 5) is 30.9. The number of imidazole rings is 1. The fourth-order valence-electron chi connectivity index (χ4n) is 6.90. The van der Waals surface area contributed by atoms with E-state index in [1.165, 1.54) is 0 Å². The Morgan fingerprint density at radius 3 is 2.28 bits per heavy atom. The normalized spacial score (nSPS) is 22.3. The van der Waals surface area contributed by atoms with Gasteiger partial charge in [0.2, 0.25) is 0 Å². The molecular formula is C38H40N4O5. The molecule has 1 amide bonds. The lowest BCUT2D eigenvalue weighted by molar-refractivity contribution is -0.276. The predicted molar refractivity (Wildman–Crippen MR) is 181 cm³/mol. The Bertz CT molecular complexity index is 1860. The largest absolute Gasteiger partial charge is 0.392 e. The van der Waals surface area contributed by atoms with E-state index >= 15 is 0 Å². The number of carbonyl (C=O) groups is 1. The number of aromatic amines is 1. The van der Waals surface area contributed by atoms with Gasteiger partial charge in [-0.05, 0) is 60.4 Å². The molecule has 3 N–H and O–H groups in total. The van der Waals surface area contributed by atoms with Crippen LogP contribution in [-0.2, 0) is 16.1 Å². The summed E-state index contributed by atoms with van der Waals surface area (Å²) in [6, 6.07) is 32.7. The zero-order chi connectivity index (χ0) is 32.3. The number of nitrogens with one attached hydrogen (secondary N) is 2. The van der Waals surface area contributed by atoms with Crippen LogP contribution in [0, 0.1) is 5.92 Å². The van der Waals surface area contributed by atoms with Crippen LogP contribution in [0.25, 0.3) is 11.0 Å². The molecule has 0 aliphatic carbocycles. The highest BCUT2D eigenvalue weighted by atomic mass is 16.7. The van der Waals surface area contributed by atoms with Gasteiger partial charge < -0.3 is 29.8 Å². The van der Waals surface area contributed by atoms with E-state index < -0.39 is 6.29 Å². The van der Waals surface area contributed by atoms with Gasteiger partial charge >= 0.3 is 5.69 Å². The van der Waals surface area contributed by atoms with Crippen LogP contribution in [0.3, 0.4) is 0 Å². The molecule has 0 radical (unpaired) electrons. The van der Waals surface area contributed by atoms with E-state index in [0.717, 1.165) is 60.2 Å². The number of nitrogens with zero attached hydrogens (tertiary/aromatic N) is 2. The van der Waals surface area contributed by atoms with Gasteiger partial charge in [0.1, 0.15) is 0 Å². The van der Waals surface area contributed by atoms with E-state index in [2.05, 4.69) is 22.1 Å². The summed E-state index contributed by atoms with van der Waals surface area (Å²) < 4.78 is 15.3. The van der Waals surface area contributed by atoms with Crippen molar-refractivity contribution in [3.05, 3.63) is 136 Å². The van der Waals surface area contributed by atoms with Crippen molar-refractivity contribution in [2.75, 3.05) is 25.0 Å². The Kier molecular flexibility index (Phi) is 9.04. The molecule has 2 aliphatic rings. The highest BCUT2D eigenvalue weighted by molar-refractivity contribution is 6.04. The van der Waals surface area contributed by atoms with Crippen molar-refractivity contribution in [1.29, 1.82) is 0 Å². The first-order chi connectivity index (χ1) is 23.0. The Morgan fingerprint density at radius 1 is 0.872 bits per heavy atom. The van der Waals surface area contributed by atoms with Crippen molar-refractivity contribution >= 4 is 22.6 Å². The van der Waals surface area contributed by atoms with Crippen LogP contribution in [0.15, 0.2) is 108 Å². The van der Waals surface area contributed by atoms with Crippen LogP contribution >= 0.6 is 0 Å². The summed E-state index contributed by atoms with van der Waals surface area (Å²) in [6.07, 6.45) is 0.836. The number of ether oxygens (including phenoxy) is 2. The Labute approximate surface area is 273 Å². The molecule has 0 saturated carbocycles. The molecule has 0 spiro atoms. The molecule has 47 heavy (non-hydrogen) atoms. The summed E-state index contributed by atoms with van der Waals surface area (Å²) in [7, 11) is 0. The quantitative estimate of drug-likeness (QED) is 0.188. The van der Waals surface area contributed by atoms with Crippen LogP contribution in [0.2, 0.25) is 0 Å². The standard InChI is InChI=1S/C38H40N4O5/c1-25-34(23-41-21-19-31(20-22-41)42-33-10-6-5-9-32(33)40-38(42)45)46-37(47-35(25)27-13-11-26(24-43)12-14-27)29-15-17-30(18-16-29)39-36(44)28-7-3-2-4-8-28/h2-18,25,31,34-35,37,43H,19-24H2,1H3,(H,39,44)(H,40,45)/t25-,34+,35+,37+/m0/s1. The SMILES string of the molecule is C[C@H]1[C@@H](CN2CCC(n3c(=O)[nH]c4ccccc43)CC2)O[C@@H](c2ccc(NC(=O)c3ccccc3)cc2)O[C@H]1c1ccc(CO)cc1. The second-order valence-corrected chi connectivity index (χ2v) is 12.6. The third kappa shape index (κ3) is 6.66. The van der Waals surface area contributed by atoms with Crippen molar-refractivity contribution in [2.45, 2.75) is 50.9 Å². The molecule has 4 aromatic carbocycles. The number of aliphatic hydroxyl groups excluding tert-OH is 1. The number of anilines is 1. The number of para-hydroxylation sites is 2. The topological polar surface area (TPSA) is 109 Å². The van der Waals surface area contributed by atoms with E-state index in [4.69, 9.17) is 9.47 Å². The maximum absolute atomic E-state index is 12.8. The molecule has 9 heteroatoms. The molecule has 5 aromatic rings. The molecule has 2 fully saturated rings. The van der Waals surface area contributed by atoms with Gasteiger partial charge in [-0.1, -0.05) is 73.7 Å². The molecule has 0 unspecified atom stereocenters. The maximum Gasteiger partial charge on any atom is 0.326 e. The van der Waals surface area contributed by atoms with Crippen molar-refractivity contribution in [1.82, 2.24) is 14.5 Å². The number of benzene rings is 4. The number of H-pyrrole nitrogens is 1. The smallest absolute Gasteiger partial charge is 0.326 e. The summed E-state index contributed by atoms with van der Waals surface area (Å²) >= 11 is 0. The van der Waals surface area contributed by atoms with Gasteiger partial charge in [0, 0.05) is 48.4 Å². The van der Waals surface area contributed by atoms with Crippen molar-refractivity contribution < 1.29 is 19.4 Å². The van der Waals surface area contributed by atoms with Gasteiger partial charge in [0.25, 0.3) is 5.91 Å². The Balaban J connectivity index is 1.07. The monoisotopic (exact) mass is 632 g/mol. The van der Waals surface area contributed by atoms with E-state index in [1.54, 1.807) is 12.1 Å². The van der Waals surface area contributed by atoms with Gasteiger partial charge in [0.05, 0.1) is 29.8 Å². The van der Waals surface area contributed by atoms with E-state index in [0.29, 0.717) is 11.3 Å². The molecule has 3 heterocycles. The number of aliphatic hydroxyl groups is 1. The van der Waals surface area contributed by atoms with Crippen molar-refractivity contribution in [3.63, 3.8) is 0 Å². The van der Waals surface area contributed by atoms with Crippen molar-refractivity contribution in [3.8, 4) is 0 Å². The molecule has 2 saturated heterocycles. The first-order valence-electron chi connectivity index (χ1n) is 16.4. The van der Waals surface area contributed by atoms with Gasteiger partial charge in [-0.25, -0.2) is 4.79 Å². The molecule has 2 aliphatic heterocycles. The zero-order valence-electron chi connectivity index (χ0n) is 26.4. The summed E-state index contributed by atoms with van der Waals surface area (Å²) in [6.45, 7) is 4.63. The molecule has 4 atom stereocenters. The minimum Gasteiger partial charge on any atom is -0.392 e. The first kappa shape index (κ1) is 31.1. The van der Waals surface area contributed by atoms with E-state index in [1.807, 2.05) is 95.6 Å². The predicted octanol–water partition coefficient (Wildman–Crippen LogP) is 6.20. The lowest BCUT2D eigenvalue weighted by Crippen LogP contribution is -2.47. The number of aromatic nitrogens is 2. The van der Waals surface area contributed by atoms with Gasteiger partial charge in [-0.15, -0.1) is 0 Å². The second-order valence-electron chi connectivity index (χ2n) is 12.6. The number of fused-ring (bicyclic) bond motifs is 1. The maximum atomic E-state index is 12.8. The first-order valence-corrected chi connectivity index (χ1v) is 16.4. The van der Waals surface area contributed by atoms with Crippen LogP contribution in [-0.4, -0.2) is 51.2 Å². The van der Waals surface area contributed by atoms with Crippen LogP contribution in [0.5, 0.6) is 0 Å². The van der Waals surface area contributed by atoms with Gasteiger partial charge in [-0.2, -0.15) is 0 Å². The number of hydrogen-bond acceptors (Lipinski definition) is 6.